The van der Waals surface area contributed by atoms with E-state index in [1.54, 1.807) is 12.1 Å². The molecule has 0 aromatic heterocycles. The summed E-state index contributed by atoms with van der Waals surface area (Å²) in [6.07, 6.45) is 0. The molecule has 0 radical (unpaired) electrons. The molecule has 9 nitrogen and oxygen atoms in total. The van der Waals surface area contributed by atoms with Crippen molar-refractivity contribution in [3.8, 4) is 11.5 Å². The molecule has 24 heavy (non-hydrogen) atoms. The number of nitro groups is 1. The van der Waals surface area contributed by atoms with E-state index in [-0.39, 0.29) is 29.0 Å². The minimum absolute atomic E-state index is 0.190. The molecule has 0 amide bonds. The molecule has 0 heterocycles. The predicted molar refractivity (Wildman–Crippen MR) is 91.4 cm³/mol. The van der Waals surface area contributed by atoms with Crippen molar-refractivity contribution in [1.29, 1.82) is 0 Å². The maximum Gasteiger partial charge on any atom is 0.275 e. The van der Waals surface area contributed by atoms with Gasteiger partial charge in [0.2, 0.25) is 5.96 Å². The fraction of sp³-hybridized carbons (Fsp3) is 0.0667. The van der Waals surface area contributed by atoms with Gasteiger partial charge in [-0.05, 0) is 18.6 Å². The lowest BCUT2D eigenvalue weighted by Gasteiger charge is -2.09. The summed E-state index contributed by atoms with van der Waals surface area (Å²) in [4.78, 5) is 18.0. The molecule has 0 aliphatic rings. The van der Waals surface area contributed by atoms with Crippen LogP contribution < -0.4 is 21.9 Å². The summed E-state index contributed by atoms with van der Waals surface area (Å²) in [5.74, 6) is 0.329. The smallest absolute Gasteiger partial charge is 0.275 e. The summed E-state index contributed by atoms with van der Waals surface area (Å²) in [6.45, 7) is 1.86. The Bertz CT molecular complexity index is 828. The SMILES string of the molecule is Cc1ccccc1Oc1cc(N=C(N)N=C(N)N)cc([N+](=O)[O-])c1. The molecule has 0 saturated carbocycles. The Morgan fingerprint density at radius 2 is 1.88 bits per heavy atom. The lowest BCUT2D eigenvalue weighted by Crippen LogP contribution is -2.26. The average Bonchev–Trinajstić information content (AvgIpc) is 2.48. The Kier molecular flexibility index (Phi) is 4.95. The van der Waals surface area contributed by atoms with Gasteiger partial charge in [-0.3, -0.25) is 10.1 Å². The maximum absolute atomic E-state index is 11.1. The van der Waals surface area contributed by atoms with Crippen molar-refractivity contribution in [2.45, 2.75) is 6.92 Å². The lowest BCUT2D eigenvalue weighted by molar-refractivity contribution is -0.384. The molecule has 0 fully saturated rings. The van der Waals surface area contributed by atoms with E-state index < -0.39 is 4.92 Å². The first-order valence-corrected chi connectivity index (χ1v) is 6.82. The predicted octanol–water partition coefficient (Wildman–Crippen LogP) is 1.92. The number of ether oxygens (including phenoxy) is 1. The molecule has 0 atom stereocenters. The first-order valence-electron chi connectivity index (χ1n) is 6.82. The van der Waals surface area contributed by atoms with Crippen LogP contribution in [-0.4, -0.2) is 16.8 Å². The van der Waals surface area contributed by atoms with E-state index in [9.17, 15) is 10.1 Å². The van der Waals surface area contributed by atoms with Crippen molar-refractivity contribution in [1.82, 2.24) is 0 Å². The van der Waals surface area contributed by atoms with E-state index in [0.717, 1.165) is 5.56 Å². The van der Waals surface area contributed by atoms with Gasteiger partial charge in [-0.1, -0.05) is 18.2 Å². The summed E-state index contributed by atoms with van der Waals surface area (Å²) >= 11 is 0. The van der Waals surface area contributed by atoms with E-state index >= 15 is 0 Å². The Hall–Kier alpha value is -3.62. The van der Waals surface area contributed by atoms with E-state index in [4.69, 9.17) is 21.9 Å². The number of non-ortho nitro benzene ring substituents is 1. The van der Waals surface area contributed by atoms with Gasteiger partial charge in [0, 0.05) is 12.1 Å². The van der Waals surface area contributed by atoms with Crippen LogP contribution in [-0.2, 0) is 0 Å². The van der Waals surface area contributed by atoms with Crippen LogP contribution in [0.4, 0.5) is 11.4 Å². The van der Waals surface area contributed by atoms with Crippen molar-refractivity contribution in [3.63, 3.8) is 0 Å². The number of para-hydroxylation sites is 1. The second-order valence-electron chi connectivity index (χ2n) is 4.82. The monoisotopic (exact) mass is 328 g/mol. The van der Waals surface area contributed by atoms with Crippen LogP contribution >= 0.6 is 0 Å². The fourth-order valence-electron chi connectivity index (χ4n) is 1.88. The van der Waals surface area contributed by atoms with Crippen LogP contribution in [0.2, 0.25) is 0 Å². The van der Waals surface area contributed by atoms with Gasteiger partial charge in [-0.15, -0.1) is 0 Å². The average molecular weight is 328 g/mol. The van der Waals surface area contributed by atoms with Crippen molar-refractivity contribution < 1.29 is 9.66 Å². The summed E-state index contributed by atoms with van der Waals surface area (Å²) in [5, 5.41) is 11.1. The fourth-order valence-corrected chi connectivity index (χ4v) is 1.88. The van der Waals surface area contributed by atoms with Crippen molar-refractivity contribution in [2.24, 2.45) is 27.2 Å². The van der Waals surface area contributed by atoms with Crippen molar-refractivity contribution in [3.05, 3.63) is 58.1 Å². The highest BCUT2D eigenvalue weighted by molar-refractivity contribution is 5.93. The maximum atomic E-state index is 11.1. The third-order valence-electron chi connectivity index (χ3n) is 2.90. The number of nitrogens with two attached hydrogens (primary N) is 3. The molecular weight excluding hydrogens is 312 g/mol. The molecule has 2 aromatic carbocycles. The second-order valence-corrected chi connectivity index (χ2v) is 4.82. The minimum Gasteiger partial charge on any atom is -0.457 e. The Balaban J connectivity index is 2.43. The van der Waals surface area contributed by atoms with Gasteiger partial charge in [-0.25, -0.2) is 4.99 Å². The van der Waals surface area contributed by atoms with E-state index in [2.05, 4.69) is 9.98 Å². The van der Waals surface area contributed by atoms with Gasteiger partial charge in [0.15, 0.2) is 5.96 Å². The van der Waals surface area contributed by atoms with Gasteiger partial charge >= 0.3 is 0 Å². The zero-order valence-corrected chi connectivity index (χ0v) is 12.8. The van der Waals surface area contributed by atoms with E-state index in [0.29, 0.717) is 5.75 Å². The number of hydrogen-bond donors (Lipinski definition) is 3. The highest BCUT2D eigenvalue weighted by Crippen LogP contribution is 2.32. The molecule has 0 aliphatic carbocycles. The third-order valence-corrected chi connectivity index (χ3v) is 2.90. The first kappa shape index (κ1) is 16.7. The quantitative estimate of drug-likeness (QED) is 0.337. The van der Waals surface area contributed by atoms with E-state index in [1.807, 2.05) is 19.1 Å². The van der Waals surface area contributed by atoms with Gasteiger partial charge in [0.05, 0.1) is 16.7 Å². The molecule has 0 spiro atoms. The van der Waals surface area contributed by atoms with Crippen LogP contribution in [0.5, 0.6) is 11.5 Å². The molecular formula is C15H16N6O3. The minimum atomic E-state index is -0.555. The number of nitro benzene ring substituents is 1. The van der Waals surface area contributed by atoms with Gasteiger partial charge < -0.3 is 21.9 Å². The zero-order valence-electron chi connectivity index (χ0n) is 12.8. The number of rotatable bonds is 4. The molecule has 0 bridgehead atoms. The Morgan fingerprint density at radius 3 is 2.50 bits per heavy atom. The van der Waals surface area contributed by atoms with Gasteiger partial charge in [-0.2, -0.15) is 4.99 Å². The van der Waals surface area contributed by atoms with Crippen LogP contribution in [0.25, 0.3) is 0 Å². The molecule has 6 N–H and O–H groups in total. The standard InChI is InChI=1S/C15H16N6O3/c1-9-4-2-3-5-13(9)24-12-7-10(6-11(8-12)21(22)23)19-15(18)20-14(16)17/h2-8H,1H3,(H6,16,17,18,19,20). The van der Waals surface area contributed by atoms with Gasteiger partial charge in [0.1, 0.15) is 11.5 Å². The molecule has 2 rings (SSSR count). The molecule has 124 valence electrons. The van der Waals surface area contributed by atoms with Gasteiger partial charge in [0.25, 0.3) is 5.69 Å². The molecule has 2 aromatic rings. The summed E-state index contributed by atoms with van der Waals surface area (Å²) in [5.41, 5.74) is 16.8. The topological polar surface area (TPSA) is 155 Å². The van der Waals surface area contributed by atoms with E-state index in [1.165, 1.54) is 18.2 Å². The van der Waals surface area contributed by atoms with Crippen molar-refractivity contribution in [2.75, 3.05) is 0 Å². The van der Waals surface area contributed by atoms with Crippen LogP contribution in [0.1, 0.15) is 5.56 Å². The largest absolute Gasteiger partial charge is 0.457 e. The number of benzene rings is 2. The highest BCUT2D eigenvalue weighted by atomic mass is 16.6. The second kappa shape index (κ2) is 7.09. The van der Waals surface area contributed by atoms with Crippen LogP contribution in [0.15, 0.2) is 52.4 Å². The lowest BCUT2D eigenvalue weighted by atomic mass is 10.2. The van der Waals surface area contributed by atoms with Crippen LogP contribution in [0.3, 0.4) is 0 Å². The Labute approximate surface area is 137 Å². The normalized spacial score (nSPS) is 11.0. The zero-order chi connectivity index (χ0) is 17.7. The van der Waals surface area contributed by atoms with Crippen LogP contribution in [0, 0.1) is 17.0 Å². The van der Waals surface area contributed by atoms with Crippen molar-refractivity contribution >= 4 is 23.3 Å². The first-order chi connectivity index (χ1) is 11.3. The number of aryl methyl sites for hydroxylation is 1. The number of nitrogens with zero attached hydrogens (tertiary/aromatic N) is 3. The molecule has 0 unspecified atom stereocenters. The molecule has 0 saturated heterocycles. The Morgan fingerprint density at radius 1 is 1.17 bits per heavy atom. The summed E-state index contributed by atoms with van der Waals surface area (Å²) in [7, 11) is 0. The number of aliphatic imine (C=N–C) groups is 2. The summed E-state index contributed by atoms with van der Waals surface area (Å²) in [6, 6.07) is 11.3. The highest BCUT2D eigenvalue weighted by Gasteiger charge is 2.12. The molecule has 0 aliphatic heterocycles. The third kappa shape index (κ3) is 4.44. The molecule has 9 heteroatoms. The number of guanidine groups is 2. The number of hydrogen-bond acceptors (Lipinski definition) is 4. The summed E-state index contributed by atoms with van der Waals surface area (Å²) < 4.78 is 5.70.